The van der Waals surface area contributed by atoms with Gasteiger partial charge < -0.3 is 16.0 Å². The number of nitrogens with zero attached hydrogens (tertiary/aromatic N) is 1. The molecule has 0 spiro atoms. The Bertz CT molecular complexity index is 1240. The number of imide groups is 1. The number of nitrogens with one attached hydrogen (secondary N) is 3. The van der Waals surface area contributed by atoms with Crippen molar-refractivity contribution in [3.8, 4) is 0 Å². The minimum absolute atomic E-state index is 0.336. The molecule has 1 aliphatic rings. The van der Waals surface area contributed by atoms with Crippen LogP contribution in [0.4, 0.5) is 10.5 Å². The fourth-order valence-electron chi connectivity index (χ4n) is 3.97. The SMILES string of the molecule is Cc1c(Cl)cccc1NC(=O)CNC(=O)CN1C(=O)NC(c2ccccc2)(c2ccccc2)C1=O. The molecule has 0 radical (unpaired) electrons. The van der Waals surface area contributed by atoms with Crippen molar-refractivity contribution >= 4 is 41.0 Å². The van der Waals surface area contributed by atoms with E-state index in [1.165, 1.54) is 0 Å². The molecule has 178 valence electrons. The lowest BCUT2D eigenvalue weighted by molar-refractivity contribution is -0.134. The van der Waals surface area contributed by atoms with Crippen LogP contribution in [-0.2, 0) is 19.9 Å². The molecule has 8 nitrogen and oxygen atoms in total. The summed E-state index contributed by atoms with van der Waals surface area (Å²) in [6.07, 6.45) is 0. The van der Waals surface area contributed by atoms with Gasteiger partial charge in [0.25, 0.3) is 5.91 Å². The smallest absolute Gasteiger partial charge is 0.326 e. The number of hydrogen-bond donors (Lipinski definition) is 3. The summed E-state index contributed by atoms with van der Waals surface area (Å²) in [5.41, 5.74) is 0.918. The maximum atomic E-state index is 13.6. The Morgan fingerprint density at radius 1 is 0.886 bits per heavy atom. The van der Waals surface area contributed by atoms with E-state index in [1.54, 1.807) is 73.7 Å². The van der Waals surface area contributed by atoms with Crippen LogP contribution in [0, 0.1) is 6.92 Å². The molecule has 0 saturated carbocycles. The van der Waals surface area contributed by atoms with Gasteiger partial charge in [-0.3, -0.25) is 19.3 Å². The Kier molecular flexibility index (Phi) is 6.84. The Balaban J connectivity index is 1.46. The van der Waals surface area contributed by atoms with Gasteiger partial charge >= 0.3 is 6.03 Å². The van der Waals surface area contributed by atoms with Gasteiger partial charge in [-0.25, -0.2) is 4.79 Å². The second-order valence-corrected chi connectivity index (χ2v) is 8.45. The summed E-state index contributed by atoms with van der Waals surface area (Å²) in [6.45, 7) is 0.895. The van der Waals surface area contributed by atoms with E-state index in [4.69, 9.17) is 11.6 Å². The van der Waals surface area contributed by atoms with E-state index < -0.39 is 35.8 Å². The van der Waals surface area contributed by atoms with Gasteiger partial charge in [0.1, 0.15) is 6.54 Å². The van der Waals surface area contributed by atoms with Gasteiger partial charge in [0.05, 0.1) is 6.54 Å². The average Bonchev–Trinajstić information content (AvgIpc) is 3.12. The van der Waals surface area contributed by atoms with E-state index in [0.29, 0.717) is 27.4 Å². The van der Waals surface area contributed by atoms with Crippen molar-refractivity contribution in [2.24, 2.45) is 0 Å². The van der Waals surface area contributed by atoms with E-state index in [-0.39, 0.29) is 6.54 Å². The highest BCUT2D eigenvalue weighted by atomic mass is 35.5. The van der Waals surface area contributed by atoms with Crippen LogP contribution >= 0.6 is 11.6 Å². The van der Waals surface area contributed by atoms with Crippen LogP contribution in [0.5, 0.6) is 0 Å². The number of halogens is 1. The predicted molar refractivity (Wildman–Crippen MR) is 132 cm³/mol. The molecular formula is C26H23ClN4O4. The lowest BCUT2D eigenvalue weighted by Crippen LogP contribution is -2.46. The highest BCUT2D eigenvalue weighted by molar-refractivity contribution is 6.31. The second-order valence-electron chi connectivity index (χ2n) is 8.04. The summed E-state index contributed by atoms with van der Waals surface area (Å²) in [7, 11) is 0. The standard InChI is InChI=1S/C26H23ClN4O4/c1-17-20(27)13-8-14-21(17)29-22(32)15-28-23(33)16-31-24(34)26(30-25(31)35,18-9-4-2-5-10-18)19-11-6-3-7-12-19/h2-14H,15-16H2,1H3,(H,28,33)(H,29,32)(H,30,35). The Labute approximate surface area is 207 Å². The Hall–Kier alpha value is -4.17. The van der Waals surface area contributed by atoms with Crippen molar-refractivity contribution in [2.45, 2.75) is 12.5 Å². The van der Waals surface area contributed by atoms with Crippen LogP contribution in [0.15, 0.2) is 78.9 Å². The molecule has 1 fully saturated rings. The normalized spacial score (nSPS) is 14.4. The van der Waals surface area contributed by atoms with Crippen LogP contribution in [0.2, 0.25) is 5.02 Å². The van der Waals surface area contributed by atoms with E-state index in [2.05, 4.69) is 16.0 Å². The molecule has 3 aromatic carbocycles. The number of benzene rings is 3. The summed E-state index contributed by atoms with van der Waals surface area (Å²) in [5.74, 6) is -1.69. The molecule has 1 aliphatic heterocycles. The number of carbonyl (C=O) groups excluding carboxylic acids is 4. The summed E-state index contributed by atoms with van der Waals surface area (Å²) in [6, 6.07) is 22.1. The molecule has 35 heavy (non-hydrogen) atoms. The molecule has 3 N–H and O–H groups in total. The maximum absolute atomic E-state index is 13.6. The first-order valence-corrected chi connectivity index (χ1v) is 11.3. The van der Waals surface area contributed by atoms with E-state index in [9.17, 15) is 19.2 Å². The minimum Gasteiger partial charge on any atom is -0.345 e. The largest absolute Gasteiger partial charge is 0.345 e. The number of rotatable bonds is 7. The van der Waals surface area contributed by atoms with Gasteiger partial charge in [-0.1, -0.05) is 78.3 Å². The number of urea groups is 1. The number of carbonyl (C=O) groups is 4. The summed E-state index contributed by atoms with van der Waals surface area (Å²) < 4.78 is 0. The van der Waals surface area contributed by atoms with Crippen LogP contribution in [0.1, 0.15) is 16.7 Å². The molecule has 5 amide bonds. The fourth-order valence-corrected chi connectivity index (χ4v) is 4.14. The third-order valence-electron chi connectivity index (χ3n) is 5.81. The van der Waals surface area contributed by atoms with E-state index in [1.807, 2.05) is 12.1 Å². The van der Waals surface area contributed by atoms with Crippen molar-refractivity contribution in [1.82, 2.24) is 15.5 Å². The van der Waals surface area contributed by atoms with Gasteiger partial charge in [-0.15, -0.1) is 0 Å². The summed E-state index contributed by atoms with van der Waals surface area (Å²) in [5, 5.41) is 8.41. The number of amides is 5. The molecule has 0 atom stereocenters. The minimum atomic E-state index is -1.46. The van der Waals surface area contributed by atoms with Crippen molar-refractivity contribution in [3.63, 3.8) is 0 Å². The highest BCUT2D eigenvalue weighted by Gasteiger charge is 2.54. The van der Waals surface area contributed by atoms with Gasteiger partial charge in [-0.2, -0.15) is 0 Å². The van der Waals surface area contributed by atoms with Crippen LogP contribution < -0.4 is 16.0 Å². The van der Waals surface area contributed by atoms with E-state index >= 15 is 0 Å². The third kappa shape index (κ3) is 4.74. The van der Waals surface area contributed by atoms with Crippen LogP contribution in [0.25, 0.3) is 0 Å². The van der Waals surface area contributed by atoms with Gasteiger partial charge in [0.15, 0.2) is 5.54 Å². The summed E-state index contributed by atoms with van der Waals surface area (Å²) >= 11 is 6.06. The fraction of sp³-hybridized carbons (Fsp3) is 0.154. The monoisotopic (exact) mass is 490 g/mol. The zero-order valence-corrected chi connectivity index (χ0v) is 19.6. The average molecular weight is 491 g/mol. The molecule has 3 aromatic rings. The molecule has 1 heterocycles. The molecule has 9 heteroatoms. The van der Waals surface area contributed by atoms with Crippen molar-refractivity contribution < 1.29 is 19.2 Å². The Morgan fingerprint density at radius 3 is 2.09 bits per heavy atom. The lowest BCUT2D eigenvalue weighted by atomic mass is 9.82. The van der Waals surface area contributed by atoms with Crippen LogP contribution in [0.3, 0.4) is 0 Å². The quantitative estimate of drug-likeness (QED) is 0.442. The first kappa shape index (κ1) is 24.0. The highest BCUT2D eigenvalue weighted by Crippen LogP contribution is 2.35. The zero-order valence-electron chi connectivity index (χ0n) is 18.9. The van der Waals surface area contributed by atoms with Gasteiger partial charge in [0, 0.05) is 10.7 Å². The first-order chi connectivity index (χ1) is 16.8. The lowest BCUT2D eigenvalue weighted by Gasteiger charge is -2.27. The molecule has 0 unspecified atom stereocenters. The van der Waals surface area contributed by atoms with E-state index in [0.717, 1.165) is 4.90 Å². The Morgan fingerprint density at radius 2 is 1.49 bits per heavy atom. The van der Waals surface area contributed by atoms with Crippen molar-refractivity contribution in [2.75, 3.05) is 18.4 Å². The molecule has 0 bridgehead atoms. The summed E-state index contributed by atoms with van der Waals surface area (Å²) in [4.78, 5) is 52.2. The van der Waals surface area contributed by atoms with Crippen molar-refractivity contribution in [3.05, 3.63) is 101 Å². The van der Waals surface area contributed by atoms with Gasteiger partial charge in [-0.05, 0) is 35.7 Å². The molecule has 0 aliphatic carbocycles. The number of anilines is 1. The molecule has 0 aromatic heterocycles. The topological polar surface area (TPSA) is 108 Å². The zero-order chi connectivity index (χ0) is 25.0. The molecule has 1 saturated heterocycles. The molecular weight excluding hydrogens is 468 g/mol. The maximum Gasteiger partial charge on any atom is 0.326 e. The first-order valence-electron chi connectivity index (χ1n) is 10.9. The predicted octanol–water partition coefficient (Wildman–Crippen LogP) is 3.20. The van der Waals surface area contributed by atoms with Crippen LogP contribution in [-0.4, -0.2) is 41.7 Å². The van der Waals surface area contributed by atoms with Crippen molar-refractivity contribution in [1.29, 1.82) is 0 Å². The molecule has 4 rings (SSSR count). The van der Waals surface area contributed by atoms with Gasteiger partial charge in [0.2, 0.25) is 11.8 Å². The second kappa shape index (κ2) is 9.99. The number of hydrogen-bond acceptors (Lipinski definition) is 4. The third-order valence-corrected chi connectivity index (χ3v) is 6.22.